The van der Waals surface area contributed by atoms with Crippen LogP contribution in [0.1, 0.15) is 32.3 Å². The molecule has 3 aliphatic rings. The predicted octanol–water partition coefficient (Wildman–Crippen LogP) is 2.35. The van der Waals surface area contributed by atoms with Gasteiger partial charge in [0.1, 0.15) is 0 Å². The molecule has 0 bridgehead atoms. The first-order valence-electron chi connectivity index (χ1n) is 9.90. The number of carbonyl (C=O) groups is 2. The highest BCUT2D eigenvalue weighted by Gasteiger charge is 2.63. The Kier molecular flexibility index (Phi) is 4.60. The van der Waals surface area contributed by atoms with Crippen molar-refractivity contribution in [3.63, 3.8) is 0 Å². The number of thiocarbonyl (C=S) groups is 1. The molecule has 0 radical (unpaired) electrons. The lowest BCUT2D eigenvalue weighted by Crippen LogP contribution is -2.72. The number of nitro benzene ring substituents is 1. The van der Waals surface area contributed by atoms with Gasteiger partial charge in [-0.1, -0.05) is 6.92 Å². The fraction of sp³-hybridized carbons (Fsp3) is 0.550. The van der Waals surface area contributed by atoms with E-state index in [1.807, 2.05) is 6.92 Å². The Morgan fingerprint density at radius 1 is 1.31 bits per heavy atom. The maximum atomic E-state index is 13.7. The summed E-state index contributed by atoms with van der Waals surface area (Å²) in [6, 6.07) is 4.47. The monoisotopic (exact) mass is 416 g/mol. The number of anilines is 1. The summed E-state index contributed by atoms with van der Waals surface area (Å²) in [4.78, 5) is 43.2. The highest BCUT2D eigenvalue weighted by atomic mass is 32.1. The second-order valence-corrected chi connectivity index (χ2v) is 8.62. The van der Waals surface area contributed by atoms with Crippen molar-refractivity contribution in [3.05, 3.63) is 33.9 Å². The average Bonchev–Trinajstić information content (AvgIpc) is 2.70. The Bertz CT molecular complexity index is 935. The number of nitrogens with zero attached hydrogens (tertiary/aromatic N) is 4. The van der Waals surface area contributed by atoms with Gasteiger partial charge in [0, 0.05) is 44.4 Å². The molecule has 0 aromatic heterocycles. The molecule has 1 aromatic rings. The standard InChI is InChI=1S/C20H24N4O4S/c1-4-22-18(26)20(17(25)21(3)19(22)29)11-13-10-14(24(27)28)5-6-15(13)23-8-7-12(2)9-16(20)23/h5-6,10,12,16H,4,7-9,11H2,1-3H3/t12-,16-,20-/m1/s1. The van der Waals surface area contributed by atoms with Gasteiger partial charge in [0.15, 0.2) is 10.5 Å². The maximum absolute atomic E-state index is 13.7. The van der Waals surface area contributed by atoms with Gasteiger partial charge in [-0.25, -0.2) is 0 Å². The molecule has 2 fully saturated rings. The highest BCUT2D eigenvalue weighted by Crippen LogP contribution is 2.50. The average molecular weight is 417 g/mol. The lowest BCUT2D eigenvalue weighted by atomic mass is 9.64. The van der Waals surface area contributed by atoms with Gasteiger partial charge in [0.25, 0.3) is 5.69 Å². The summed E-state index contributed by atoms with van der Waals surface area (Å²) in [5.41, 5.74) is 0.209. The van der Waals surface area contributed by atoms with Crippen molar-refractivity contribution >= 4 is 40.5 Å². The first-order valence-corrected chi connectivity index (χ1v) is 10.3. The summed E-state index contributed by atoms with van der Waals surface area (Å²) < 4.78 is 0. The summed E-state index contributed by atoms with van der Waals surface area (Å²) in [5, 5.41) is 11.5. The third-order valence-electron chi connectivity index (χ3n) is 6.63. The first kappa shape index (κ1) is 19.8. The molecule has 2 amide bonds. The molecule has 3 atom stereocenters. The van der Waals surface area contributed by atoms with E-state index in [4.69, 9.17) is 12.2 Å². The molecule has 154 valence electrons. The van der Waals surface area contributed by atoms with Gasteiger partial charge in [-0.2, -0.15) is 0 Å². The minimum atomic E-state index is -1.32. The van der Waals surface area contributed by atoms with Crippen molar-refractivity contribution in [1.82, 2.24) is 9.80 Å². The second kappa shape index (κ2) is 6.76. The van der Waals surface area contributed by atoms with Crippen LogP contribution in [-0.2, 0) is 16.0 Å². The van der Waals surface area contributed by atoms with Gasteiger partial charge in [-0.05, 0) is 49.5 Å². The van der Waals surface area contributed by atoms with E-state index in [9.17, 15) is 19.7 Å². The molecular formula is C20H24N4O4S. The molecule has 29 heavy (non-hydrogen) atoms. The lowest BCUT2D eigenvalue weighted by Gasteiger charge is -2.56. The molecule has 3 aliphatic heterocycles. The Morgan fingerprint density at radius 2 is 2.03 bits per heavy atom. The largest absolute Gasteiger partial charge is 0.367 e. The molecule has 0 unspecified atom stereocenters. The van der Waals surface area contributed by atoms with Crippen molar-refractivity contribution in [1.29, 1.82) is 0 Å². The van der Waals surface area contributed by atoms with Gasteiger partial charge in [-0.15, -0.1) is 0 Å². The molecule has 1 aromatic carbocycles. The van der Waals surface area contributed by atoms with Crippen LogP contribution in [0.2, 0.25) is 0 Å². The van der Waals surface area contributed by atoms with Crippen LogP contribution in [0.25, 0.3) is 0 Å². The number of piperidine rings is 1. The van der Waals surface area contributed by atoms with E-state index in [0.717, 1.165) is 12.1 Å². The van der Waals surface area contributed by atoms with E-state index >= 15 is 0 Å². The first-order chi connectivity index (χ1) is 13.7. The molecule has 4 rings (SSSR count). The van der Waals surface area contributed by atoms with Crippen molar-refractivity contribution in [2.75, 3.05) is 25.0 Å². The van der Waals surface area contributed by atoms with Crippen LogP contribution in [0.15, 0.2) is 18.2 Å². The molecule has 2 saturated heterocycles. The number of benzene rings is 1. The molecule has 9 heteroatoms. The number of nitro groups is 1. The van der Waals surface area contributed by atoms with Gasteiger partial charge in [-0.3, -0.25) is 29.5 Å². The van der Waals surface area contributed by atoms with Crippen LogP contribution in [0.3, 0.4) is 0 Å². The summed E-state index contributed by atoms with van der Waals surface area (Å²) in [6.45, 7) is 5.06. The van der Waals surface area contributed by atoms with E-state index < -0.39 is 10.3 Å². The van der Waals surface area contributed by atoms with Crippen molar-refractivity contribution in [2.45, 2.75) is 39.2 Å². The quantitative estimate of drug-likeness (QED) is 0.318. The smallest absolute Gasteiger partial charge is 0.269 e. The number of non-ortho nitro benzene ring substituents is 1. The van der Waals surface area contributed by atoms with Crippen LogP contribution in [0, 0.1) is 21.4 Å². The third-order valence-corrected chi connectivity index (χ3v) is 7.13. The molecule has 8 nitrogen and oxygen atoms in total. The summed E-state index contributed by atoms with van der Waals surface area (Å²) in [7, 11) is 1.61. The minimum Gasteiger partial charge on any atom is -0.367 e. The fourth-order valence-electron chi connectivity index (χ4n) is 5.12. The molecule has 3 heterocycles. The topological polar surface area (TPSA) is 87.0 Å². The van der Waals surface area contributed by atoms with Crippen LogP contribution < -0.4 is 4.90 Å². The molecular weight excluding hydrogens is 392 g/mol. The van der Waals surface area contributed by atoms with Gasteiger partial charge < -0.3 is 4.90 Å². The van der Waals surface area contributed by atoms with E-state index in [0.29, 0.717) is 31.0 Å². The zero-order valence-electron chi connectivity index (χ0n) is 16.8. The summed E-state index contributed by atoms with van der Waals surface area (Å²) in [6.07, 6.45) is 1.81. The summed E-state index contributed by atoms with van der Waals surface area (Å²) in [5.74, 6) is -0.213. The Hall–Kier alpha value is -2.55. The Balaban J connectivity index is 1.93. The van der Waals surface area contributed by atoms with Crippen molar-refractivity contribution in [3.8, 4) is 0 Å². The van der Waals surface area contributed by atoms with Crippen LogP contribution in [0.4, 0.5) is 11.4 Å². The molecule has 0 aliphatic carbocycles. The van der Waals surface area contributed by atoms with Crippen LogP contribution >= 0.6 is 12.2 Å². The zero-order valence-corrected chi connectivity index (χ0v) is 17.6. The van der Waals surface area contributed by atoms with Crippen molar-refractivity contribution < 1.29 is 14.5 Å². The van der Waals surface area contributed by atoms with E-state index in [1.54, 1.807) is 13.1 Å². The number of hydrogen-bond donors (Lipinski definition) is 0. The zero-order chi connectivity index (χ0) is 21.1. The van der Waals surface area contributed by atoms with E-state index in [1.165, 1.54) is 21.9 Å². The molecule has 1 spiro atoms. The second-order valence-electron chi connectivity index (χ2n) is 8.25. The summed E-state index contributed by atoms with van der Waals surface area (Å²) >= 11 is 5.37. The number of hydrogen-bond acceptors (Lipinski definition) is 6. The number of amides is 2. The molecule has 0 saturated carbocycles. The maximum Gasteiger partial charge on any atom is 0.269 e. The van der Waals surface area contributed by atoms with Gasteiger partial charge in [0.05, 0.1) is 11.0 Å². The normalized spacial score (nSPS) is 29.2. The number of carbonyl (C=O) groups excluding carboxylic acids is 2. The van der Waals surface area contributed by atoms with Crippen LogP contribution in [0.5, 0.6) is 0 Å². The predicted molar refractivity (Wildman–Crippen MR) is 112 cm³/mol. The van der Waals surface area contributed by atoms with E-state index in [-0.39, 0.29) is 35.1 Å². The third kappa shape index (κ3) is 2.67. The minimum absolute atomic E-state index is 0.0327. The van der Waals surface area contributed by atoms with Crippen LogP contribution in [-0.4, -0.2) is 57.8 Å². The van der Waals surface area contributed by atoms with Crippen molar-refractivity contribution in [2.24, 2.45) is 11.3 Å². The number of rotatable bonds is 2. The molecule has 0 N–H and O–H groups in total. The Labute approximate surface area is 174 Å². The van der Waals surface area contributed by atoms with E-state index in [2.05, 4.69) is 11.8 Å². The SMILES string of the molecule is CCN1C(=O)[C@@]2(Cc3cc([N+](=O)[O-])ccc3N3CC[C@@H](C)C[C@@H]32)C(=O)N(C)C1=S. The Morgan fingerprint density at radius 3 is 2.69 bits per heavy atom. The van der Waals surface area contributed by atoms with Gasteiger partial charge >= 0.3 is 0 Å². The lowest BCUT2D eigenvalue weighted by molar-refractivity contribution is -0.384. The highest BCUT2D eigenvalue weighted by molar-refractivity contribution is 7.80. The number of fused-ring (bicyclic) bond motifs is 4. The fourth-order valence-corrected chi connectivity index (χ4v) is 5.42. The van der Waals surface area contributed by atoms with Gasteiger partial charge in [0.2, 0.25) is 11.8 Å².